The maximum absolute atomic E-state index is 9.70. The van der Waals surface area contributed by atoms with E-state index in [4.69, 9.17) is 0 Å². The topological polar surface area (TPSA) is 20.2 Å². The maximum Gasteiger partial charge on any atom is 0.0650 e. The first kappa shape index (κ1) is 13.1. The first-order valence-electron chi connectivity index (χ1n) is 6.44. The van der Waals surface area contributed by atoms with Gasteiger partial charge in [0.2, 0.25) is 0 Å². The van der Waals surface area contributed by atoms with Crippen molar-refractivity contribution in [3.8, 4) is 0 Å². The van der Waals surface area contributed by atoms with E-state index >= 15 is 0 Å². The number of aliphatic hydroxyl groups excluding tert-OH is 1. The first-order chi connectivity index (χ1) is 9.36. The van der Waals surface area contributed by atoms with Gasteiger partial charge in [0.05, 0.1) is 4.58 Å². The molecule has 0 saturated carbocycles. The van der Waals surface area contributed by atoms with E-state index in [1.165, 1.54) is 15.4 Å². The van der Waals surface area contributed by atoms with Crippen LogP contribution < -0.4 is 0 Å². The predicted molar refractivity (Wildman–Crippen MR) is 82.7 cm³/mol. The number of rotatable bonds is 4. The lowest BCUT2D eigenvalue weighted by Crippen LogP contribution is -2.19. The molecule has 0 radical (unpaired) electrons. The highest BCUT2D eigenvalue weighted by Gasteiger charge is 2.29. The summed E-state index contributed by atoms with van der Waals surface area (Å²) in [4.78, 5) is 2.70. The zero-order valence-corrected chi connectivity index (χ0v) is 12.2. The average molecular weight is 288 g/mol. The van der Waals surface area contributed by atoms with E-state index in [1.54, 1.807) is 0 Å². The standard InChI is InChI=1S/C16H16OS2/c17-11-13(10-12-6-2-1-3-7-12)16-18-14-8-4-5-9-15(14)19-16/h1-9,13,16-17H,10-11H2/t13-/m0/s1. The second-order valence-corrected chi connectivity index (χ2v) is 7.35. The molecule has 1 nitrogen and oxygen atoms in total. The molecule has 3 rings (SSSR count). The molecule has 1 aliphatic heterocycles. The Bertz CT molecular complexity index is 516. The maximum atomic E-state index is 9.70. The lowest BCUT2D eigenvalue weighted by Gasteiger charge is -2.19. The van der Waals surface area contributed by atoms with Gasteiger partial charge in [-0.1, -0.05) is 42.5 Å². The fraction of sp³-hybridized carbons (Fsp3) is 0.250. The van der Waals surface area contributed by atoms with Gasteiger partial charge >= 0.3 is 0 Å². The largest absolute Gasteiger partial charge is 0.396 e. The number of hydrogen-bond donors (Lipinski definition) is 1. The lowest BCUT2D eigenvalue weighted by molar-refractivity contribution is 0.235. The average Bonchev–Trinajstić information content (AvgIpc) is 2.89. The minimum Gasteiger partial charge on any atom is -0.396 e. The molecule has 1 atom stereocenters. The highest BCUT2D eigenvalue weighted by Crippen LogP contribution is 2.50. The Morgan fingerprint density at radius 1 is 0.895 bits per heavy atom. The van der Waals surface area contributed by atoms with Crippen molar-refractivity contribution in [2.45, 2.75) is 20.8 Å². The van der Waals surface area contributed by atoms with E-state index in [9.17, 15) is 5.11 Å². The summed E-state index contributed by atoms with van der Waals surface area (Å²) in [5.41, 5.74) is 1.30. The van der Waals surface area contributed by atoms with Crippen LogP contribution in [0.15, 0.2) is 64.4 Å². The van der Waals surface area contributed by atoms with Crippen molar-refractivity contribution in [1.82, 2.24) is 0 Å². The summed E-state index contributed by atoms with van der Waals surface area (Å²) < 4.78 is 0.419. The summed E-state index contributed by atoms with van der Waals surface area (Å²) in [6.45, 7) is 0.244. The van der Waals surface area contributed by atoms with Crippen molar-refractivity contribution < 1.29 is 5.11 Å². The van der Waals surface area contributed by atoms with Gasteiger partial charge in [0.1, 0.15) is 0 Å². The summed E-state index contributed by atoms with van der Waals surface area (Å²) in [6.07, 6.45) is 0.940. The summed E-state index contributed by atoms with van der Waals surface area (Å²) in [5, 5.41) is 9.70. The molecule has 0 aliphatic carbocycles. The molecule has 0 unspecified atom stereocenters. The molecule has 0 saturated heterocycles. The van der Waals surface area contributed by atoms with Crippen molar-refractivity contribution in [2.24, 2.45) is 5.92 Å². The van der Waals surface area contributed by atoms with E-state index in [1.807, 2.05) is 29.6 Å². The Morgan fingerprint density at radius 3 is 2.05 bits per heavy atom. The monoisotopic (exact) mass is 288 g/mol. The van der Waals surface area contributed by atoms with Crippen molar-refractivity contribution >= 4 is 23.5 Å². The predicted octanol–water partition coefficient (Wildman–Crippen LogP) is 4.06. The minimum absolute atomic E-state index is 0.244. The molecule has 0 spiro atoms. The van der Waals surface area contributed by atoms with Crippen LogP contribution in [0, 0.1) is 5.92 Å². The summed E-state index contributed by atoms with van der Waals surface area (Å²) in [7, 11) is 0. The van der Waals surface area contributed by atoms with Crippen LogP contribution >= 0.6 is 23.5 Å². The second-order valence-electron chi connectivity index (χ2n) is 4.68. The Balaban J connectivity index is 1.71. The Labute approximate surface area is 122 Å². The lowest BCUT2D eigenvalue weighted by atomic mass is 10.0. The van der Waals surface area contributed by atoms with Crippen molar-refractivity contribution in [1.29, 1.82) is 0 Å². The second kappa shape index (κ2) is 6.04. The number of hydrogen-bond acceptors (Lipinski definition) is 3. The molecule has 1 heterocycles. The number of aliphatic hydroxyl groups is 1. The number of fused-ring (bicyclic) bond motifs is 1. The molecule has 2 aromatic carbocycles. The summed E-state index contributed by atoms with van der Waals surface area (Å²) in [6, 6.07) is 18.9. The quantitative estimate of drug-likeness (QED) is 0.916. The molecule has 2 aromatic rings. The van der Waals surface area contributed by atoms with Crippen LogP contribution in [0.1, 0.15) is 5.56 Å². The van der Waals surface area contributed by atoms with Crippen LogP contribution in [-0.2, 0) is 6.42 Å². The van der Waals surface area contributed by atoms with Crippen LogP contribution in [0.25, 0.3) is 0 Å². The van der Waals surface area contributed by atoms with Gasteiger partial charge < -0.3 is 5.11 Å². The fourth-order valence-corrected chi connectivity index (χ4v) is 5.31. The Morgan fingerprint density at radius 2 is 1.47 bits per heavy atom. The summed E-state index contributed by atoms with van der Waals surface area (Å²) >= 11 is 3.78. The third-order valence-electron chi connectivity index (χ3n) is 3.30. The van der Waals surface area contributed by atoms with E-state index in [2.05, 4.69) is 48.5 Å². The molecule has 0 amide bonds. The van der Waals surface area contributed by atoms with Gasteiger partial charge in [-0.05, 0) is 24.1 Å². The van der Waals surface area contributed by atoms with Gasteiger partial charge in [-0.2, -0.15) is 0 Å². The van der Waals surface area contributed by atoms with Gasteiger partial charge in [0.25, 0.3) is 0 Å². The molecular formula is C16H16OS2. The summed E-state index contributed by atoms with van der Waals surface area (Å²) in [5.74, 6) is 0.296. The van der Waals surface area contributed by atoms with Crippen LogP contribution in [0.4, 0.5) is 0 Å². The zero-order chi connectivity index (χ0) is 13.1. The molecule has 3 heteroatoms. The normalized spacial score (nSPS) is 16.3. The van der Waals surface area contributed by atoms with E-state index in [-0.39, 0.29) is 6.61 Å². The van der Waals surface area contributed by atoms with E-state index in [0.29, 0.717) is 10.5 Å². The van der Waals surface area contributed by atoms with Gasteiger partial charge in [0, 0.05) is 22.3 Å². The SMILES string of the molecule is OC[C@H](Cc1ccccc1)C1Sc2ccccc2S1. The van der Waals surface area contributed by atoms with Crippen molar-refractivity contribution in [3.63, 3.8) is 0 Å². The molecule has 0 bridgehead atoms. The van der Waals surface area contributed by atoms with Gasteiger partial charge in [0.15, 0.2) is 0 Å². The fourth-order valence-electron chi connectivity index (χ4n) is 2.28. The molecule has 0 aromatic heterocycles. The third-order valence-corrected chi connectivity index (χ3v) is 6.46. The van der Waals surface area contributed by atoms with Crippen LogP contribution in [-0.4, -0.2) is 16.3 Å². The van der Waals surface area contributed by atoms with Gasteiger partial charge in [-0.3, -0.25) is 0 Å². The van der Waals surface area contributed by atoms with Crippen LogP contribution in [0.5, 0.6) is 0 Å². The third kappa shape index (κ3) is 2.99. The van der Waals surface area contributed by atoms with Crippen LogP contribution in [0.3, 0.4) is 0 Å². The molecule has 1 N–H and O–H groups in total. The highest BCUT2D eigenvalue weighted by molar-refractivity contribution is 8.19. The molecule has 0 fully saturated rings. The number of benzene rings is 2. The first-order valence-corrected chi connectivity index (χ1v) is 8.20. The Hall–Kier alpha value is -0.900. The zero-order valence-electron chi connectivity index (χ0n) is 10.5. The van der Waals surface area contributed by atoms with E-state index in [0.717, 1.165) is 6.42 Å². The van der Waals surface area contributed by atoms with Crippen LogP contribution in [0.2, 0.25) is 0 Å². The van der Waals surface area contributed by atoms with Gasteiger partial charge in [-0.15, -0.1) is 23.5 Å². The molecule has 1 aliphatic rings. The minimum atomic E-state index is 0.244. The molecular weight excluding hydrogens is 272 g/mol. The van der Waals surface area contributed by atoms with Crippen molar-refractivity contribution in [3.05, 3.63) is 60.2 Å². The van der Waals surface area contributed by atoms with Crippen molar-refractivity contribution in [2.75, 3.05) is 6.61 Å². The van der Waals surface area contributed by atoms with E-state index < -0.39 is 0 Å². The molecule has 98 valence electrons. The Kier molecular flexibility index (Phi) is 4.16. The smallest absolute Gasteiger partial charge is 0.0650 e. The number of thioether (sulfide) groups is 2. The highest BCUT2D eigenvalue weighted by atomic mass is 32.2. The molecule has 19 heavy (non-hydrogen) atoms. The van der Waals surface area contributed by atoms with Gasteiger partial charge in [-0.25, -0.2) is 0 Å².